The molecule has 0 bridgehead atoms. The average molecular weight is 386 g/mol. The van der Waals surface area contributed by atoms with Gasteiger partial charge in [0.25, 0.3) is 0 Å². The van der Waals surface area contributed by atoms with Crippen LogP contribution in [0.4, 0.5) is 20.7 Å². The fraction of sp³-hybridized carbons (Fsp3) is 0.500. The molecule has 2 atom stereocenters. The summed E-state index contributed by atoms with van der Waals surface area (Å²) in [7, 11) is 0. The van der Waals surface area contributed by atoms with Crippen molar-refractivity contribution in [3.63, 3.8) is 0 Å². The molecule has 2 fully saturated rings. The molecule has 7 nitrogen and oxygen atoms in total. The fourth-order valence-corrected chi connectivity index (χ4v) is 3.06. The van der Waals surface area contributed by atoms with Gasteiger partial charge in [-0.05, 0) is 69.7 Å². The number of rotatable bonds is 4. The SMILES string of the molecule is CC(C)(C)OC(=O)Nc1cc(C2CC2)cc2cc(NC(=O)[C@@H]3C[C@@H]3F)nnc12. The van der Waals surface area contributed by atoms with Gasteiger partial charge in [-0.1, -0.05) is 0 Å². The number of hydrogen-bond acceptors (Lipinski definition) is 5. The molecule has 0 radical (unpaired) electrons. The summed E-state index contributed by atoms with van der Waals surface area (Å²) in [5.41, 5.74) is 1.50. The quantitative estimate of drug-likeness (QED) is 0.823. The Kier molecular flexibility index (Phi) is 4.44. The summed E-state index contributed by atoms with van der Waals surface area (Å²) in [5, 5.41) is 14.3. The van der Waals surface area contributed by atoms with Crippen LogP contribution in [0.2, 0.25) is 0 Å². The summed E-state index contributed by atoms with van der Waals surface area (Å²) < 4.78 is 18.4. The number of benzene rings is 1. The third-order valence-electron chi connectivity index (χ3n) is 4.70. The van der Waals surface area contributed by atoms with Crippen LogP contribution in [0.15, 0.2) is 18.2 Å². The molecule has 0 unspecified atom stereocenters. The summed E-state index contributed by atoms with van der Waals surface area (Å²) >= 11 is 0. The Morgan fingerprint density at radius 2 is 1.86 bits per heavy atom. The van der Waals surface area contributed by atoms with Crippen LogP contribution in [0.5, 0.6) is 0 Å². The Morgan fingerprint density at radius 1 is 1.14 bits per heavy atom. The maximum absolute atomic E-state index is 13.1. The maximum Gasteiger partial charge on any atom is 0.412 e. The zero-order valence-electron chi connectivity index (χ0n) is 16.1. The Labute approximate surface area is 162 Å². The predicted octanol–water partition coefficient (Wildman–Crippen LogP) is 4.15. The number of carbonyl (C=O) groups excluding carboxylic acids is 2. The Balaban J connectivity index is 1.62. The summed E-state index contributed by atoms with van der Waals surface area (Å²) in [5.74, 6) is -0.257. The van der Waals surface area contributed by atoms with Crippen molar-refractivity contribution >= 4 is 34.4 Å². The average Bonchev–Trinajstić information content (AvgIpc) is 3.48. The lowest BCUT2D eigenvalue weighted by atomic mass is 10.1. The summed E-state index contributed by atoms with van der Waals surface area (Å²) in [6, 6.07) is 5.59. The van der Waals surface area contributed by atoms with E-state index in [4.69, 9.17) is 4.74 Å². The molecule has 4 rings (SSSR count). The van der Waals surface area contributed by atoms with Gasteiger partial charge in [-0.25, -0.2) is 9.18 Å². The third kappa shape index (κ3) is 4.21. The molecule has 28 heavy (non-hydrogen) atoms. The largest absolute Gasteiger partial charge is 0.444 e. The normalized spacial score (nSPS) is 21.3. The van der Waals surface area contributed by atoms with Crippen molar-refractivity contribution in [1.29, 1.82) is 0 Å². The number of ether oxygens (including phenoxy) is 1. The summed E-state index contributed by atoms with van der Waals surface area (Å²) in [6.45, 7) is 5.38. The van der Waals surface area contributed by atoms with E-state index >= 15 is 0 Å². The van der Waals surface area contributed by atoms with E-state index in [2.05, 4.69) is 20.8 Å². The van der Waals surface area contributed by atoms with Gasteiger partial charge in [0.05, 0.1) is 11.6 Å². The third-order valence-corrected chi connectivity index (χ3v) is 4.70. The lowest BCUT2D eigenvalue weighted by Gasteiger charge is -2.20. The molecular weight excluding hydrogens is 363 g/mol. The van der Waals surface area contributed by atoms with Crippen molar-refractivity contribution < 1.29 is 18.7 Å². The smallest absolute Gasteiger partial charge is 0.412 e. The first-order chi connectivity index (χ1) is 13.2. The van der Waals surface area contributed by atoms with Crippen molar-refractivity contribution in [3.05, 3.63) is 23.8 Å². The van der Waals surface area contributed by atoms with E-state index in [-0.39, 0.29) is 18.1 Å². The summed E-state index contributed by atoms with van der Waals surface area (Å²) in [6.07, 6.45) is 0.809. The molecule has 2 amide bonds. The van der Waals surface area contributed by atoms with Crippen LogP contribution in [0.25, 0.3) is 10.9 Å². The highest BCUT2D eigenvalue weighted by Gasteiger charge is 2.43. The van der Waals surface area contributed by atoms with Crippen molar-refractivity contribution in [2.24, 2.45) is 5.92 Å². The molecule has 2 saturated carbocycles. The highest BCUT2D eigenvalue weighted by molar-refractivity contribution is 6.00. The first kappa shape index (κ1) is 18.6. The molecule has 0 saturated heterocycles. The number of halogens is 1. The molecule has 1 heterocycles. The van der Waals surface area contributed by atoms with Crippen LogP contribution in [-0.4, -0.2) is 34.0 Å². The number of amides is 2. The van der Waals surface area contributed by atoms with E-state index < -0.39 is 23.8 Å². The second-order valence-corrected chi connectivity index (χ2v) is 8.48. The molecule has 1 aromatic carbocycles. The number of hydrogen-bond donors (Lipinski definition) is 2. The Hall–Kier alpha value is -2.77. The lowest BCUT2D eigenvalue weighted by molar-refractivity contribution is -0.117. The zero-order chi connectivity index (χ0) is 20.1. The van der Waals surface area contributed by atoms with Crippen LogP contribution in [0.1, 0.15) is 51.5 Å². The molecule has 2 aliphatic carbocycles. The lowest BCUT2D eigenvalue weighted by Crippen LogP contribution is -2.27. The van der Waals surface area contributed by atoms with Gasteiger partial charge in [0.15, 0.2) is 5.82 Å². The van der Waals surface area contributed by atoms with Crippen molar-refractivity contribution in [2.45, 2.75) is 57.7 Å². The monoisotopic (exact) mass is 386 g/mol. The molecule has 2 aromatic rings. The second-order valence-electron chi connectivity index (χ2n) is 8.48. The van der Waals surface area contributed by atoms with E-state index in [1.165, 1.54) is 0 Å². The molecule has 148 valence electrons. The number of fused-ring (bicyclic) bond motifs is 1. The predicted molar refractivity (Wildman–Crippen MR) is 103 cm³/mol. The maximum atomic E-state index is 13.1. The van der Waals surface area contributed by atoms with E-state index in [0.29, 0.717) is 17.1 Å². The van der Waals surface area contributed by atoms with E-state index in [1.807, 2.05) is 12.1 Å². The van der Waals surface area contributed by atoms with Crippen molar-refractivity contribution in [3.8, 4) is 0 Å². The van der Waals surface area contributed by atoms with Crippen LogP contribution < -0.4 is 10.6 Å². The van der Waals surface area contributed by atoms with Gasteiger partial charge < -0.3 is 10.1 Å². The number of nitrogens with zero attached hydrogens (tertiary/aromatic N) is 2. The van der Waals surface area contributed by atoms with Gasteiger partial charge in [-0.2, -0.15) is 0 Å². The molecule has 1 aromatic heterocycles. The second kappa shape index (κ2) is 6.68. The fourth-order valence-electron chi connectivity index (χ4n) is 3.06. The zero-order valence-corrected chi connectivity index (χ0v) is 16.1. The Bertz CT molecular complexity index is 952. The minimum absolute atomic E-state index is 0.253. The molecular formula is C20H23FN4O3. The van der Waals surface area contributed by atoms with Crippen LogP contribution in [0.3, 0.4) is 0 Å². The highest BCUT2D eigenvalue weighted by atomic mass is 19.1. The standard InChI is InChI=1S/C20H23FN4O3/c1-20(2,3)28-19(27)22-15-7-11(10-4-5-10)6-12-8-16(24-25-17(12)15)23-18(26)13-9-14(13)21/h6-8,10,13-14H,4-5,9H2,1-3H3,(H,22,27)(H,23,24,26)/t13-,14+/m1/s1. The number of alkyl halides is 1. The van der Waals surface area contributed by atoms with Gasteiger partial charge in [0.2, 0.25) is 5.91 Å². The molecule has 2 N–H and O–H groups in total. The van der Waals surface area contributed by atoms with Gasteiger partial charge in [0, 0.05) is 5.39 Å². The molecule has 0 aliphatic heterocycles. The highest BCUT2D eigenvalue weighted by Crippen LogP contribution is 2.42. The van der Waals surface area contributed by atoms with Gasteiger partial charge >= 0.3 is 6.09 Å². The number of carbonyl (C=O) groups is 2. The van der Waals surface area contributed by atoms with Gasteiger partial charge in [0.1, 0.15) is 17.3 Å². The van der Waals surface area contributed by atoms with Crippen molar-refractivity contribution in [2.75, 3.05) is 10.6 Å². The topological polar surface area (TPSA) is 93.2 Å². The number of aromatic nitrogens is 2. The van der Waals surface area contributed by atoms with Gasteiger partial charge in [-0.3, -0.25) is 10.1 Å². The molecule has 8 heteroatoms. The van der Waals surface area contributed by atoms with Gasteiger partial charge in [-0.15, -0.1) is 10.2 Å². The first-order valence-electron chi connectivity index (χ1n) is 9.46. The first-order valence-corrected chi connectivity index (χ1v) is 9.46. The number of anilines is 2. The van der Waals surface area contributed by atoms with E-state index in [0.717, 1.165) is 23.8 Å². The Morgan fingerprint density at radius 3 is 2.46 bits per heavy atom. The van der Waals surface area contributed by atoms with Crippen LogP contribution >= 0.6 is 0 Å². The van der Waals surface area contributed by atoms with E-state index in [1.54, 1.807) is 26.8 Å². The summed E-state index contributed by atoms with van der Waals surface area (Å²) in [4.78, 5) is 24.2. The minimum Gasteiger partial charge on any atom is -0.444 e. The van der Waals surface area contributed by atoms with Crippen molar-refractivity contribution in [1.82, 2.24) is 10.2 Å². The number of nitrogens with one attached hydrogen (secondary N) is 2. The molecule has 0 spiro atoms. The van der Waals surface area contributed by atoms with Crippen LogP contribution in [0, 0.1) is 5.92 Å². The minimum atomic E-state index is -1.07. The molecule has 2 aliphatic rings. The van der Waals surface area contributed by atoms with E-state index in [9.17, 15) is 14.0 Å². The van der Waals surface area contributed by atoms with Crippen LogP contribution in [-0.2, 0) is 9.53 Å².